The van der Waals surface area contributed by atoms with Crippen LogP contribution < -0.4 is 17.1 Å². The van der Waals surface area contributed by atoms with E-state index in [4.69, 9.17) is 18.1 Å². The number of H-pyrrole nitrogens is 1. The Morgan fingerprint density at radius 1 is 1.33 bits per heavy atom. The molecule has 0 aromatic carbocycles. The smallest absolute Gasteiger partial charge is 0.332 e. The van der Waals surface area contributed by atoms with Crippen LogP contribution in [0.15, 0.2) is 15.9 Å². The zero-order valence-electron chi connectivity index (χ0n) is 11.3. The molecule has 0 fully saturated rings. The molecule has 0 saturated heterocycles. The van der Waals surface area contributed by atoms with Crippen LogP contribution in [-0.4, -0.2) is 33.6 Å². The van der Waals surface area contributed by atoms with E-state index >= 15 is 0 Å². The topological polar surface area (TPSA) is 121 Å². The van der Waals surface area contributed by atoms with E-state index in [0.717, 1.165) is 4.57 Å². The molecule has 0 saturated carbocycles. The van der Waals surface area contributed by atoms with E-state index in [9.17, 15) is 9.59 Å². The number of aryl methyl sites for hydroxylation is 1. The number of aromatic nitrogens is 7. The Morgan fingerprint density at radius 3 is 2.67 bits per heavy atom. The lowest BCUT2D eigenvalue weighted by molar-refractivity contribution is 0.671. The molecule has 0 atom stereocenters. The number of aromatic amines is 1. The summed E-state index contributed by atoms with van der Waals surface area (Å²) in [6, 6.07) is 0. The first-order chi connectivity index (χ1) is 9.91. The molecule has 0 radical (unpaired) electrons. The molecule has 3 aromatic rings. The minimum Gasteiger partial charge on any atom is -0.335 e. The number of fused-ring (bicyclic) bond motifs is 1. The van der Waals surface area contributed by atoms with E-state index in [0.29, 0.717) is 11.5 Å². The van der Waals surface area contributed by atoms with Gasteiger partial charge in [-0.05, 0) is 12.2 Å². The Bertz CT molecular complexity index is 1020. The number of imidazole rings is 1. The minimum atomic E-state index is -0.446. The van der Waals surface area contributed by atoms with Crippen LogP contribution in [0.2, 0.25) is 0 Å². The summed E-state index contributed by atoms with van der Waals surface area (Å²) in [5, 5.41) is 6.56. The number of hydrogen-bond donors (Lipinski definition) is 2. The Balaban J connectivity index is 2.26. The second kappa shape index (κ2) is 4.41. The van der Waals surface area contributed by atoms with Crippen molar-refractivity contribution in [2.75, 3.05) is 5.84 Å². The fourth-order valence-corrected chi connectivity index (χ4v) is 2.31. The SMILES string of the molecule is Cn1c(=O)c2ncn(Cc3n[nH]c(=S)n3N)c2n(C)c1=O. The molecule has 3 N–H and O–H groups in total. The second-order valence-corrected chi connectivity index (χ2v) is 4.95. The van der Waals surface area contributed by atoms with Gasteiger partial charge in [0.25, 0.3) is 5.56 Å². The second-order valence-electron chi connectivity index (χ2n) is 4.57. The molecule has 0 aliphatic carbocycles. The number of nitrogens with zero attached hydrogens (tertiary/aromatic N) is 6. The quantitative estimate of drug-likeness (QED) is 0.436. The zero-order chi connectivity index (χ0) is 15.3. The van der Waals surface area contributed by atoms with Crippen molar-refractivity contribution < 1.29 is 0 Å². The summed E-state index contributed by atoms with van der Waals surface area (Å²) in [5.41, 5.74) is -0.270. The molecule has 10 nitrogen and oxygen atoms in total. The van der Waals surface area contributed by atoms with E-state index in [1.165, 1.54) is 22.6 Å². The highest BCUT2D eigenvalue weighted by Crippen LogP contribution is 2.08. The van der Waals surface area contributed by atoms with Gasteiger partial charge in [0.2, 0.25) is 4.77 Å². The molecular weight excluding hydrogens is 296 g/mol. The largest absolute Gasteiger partial charge is 0.335 e. The first kappa shape index (κ1) is 13.3. The lowest BCUT2D eigenvalue weighted by atomic mass is 10.5. The van der Waals surface area contributed by atoms with Crippen molar-refractivity contribution in [3.63, 3.8) is 0 Å². The van der Waals surface area contributed by atoms with E-state index in [1.54, 1.807) is 11.6 Å². The fourth-order valence-electron chi connectivity index (χ4n) is 2.16. The van der Waals surface area contributed by atoms with Gasteiger partial charge in [-0.1, -0.05) is 0 Å². The summed E-state index contributed by atoms with van der Waals surface area (Å²) >= 11 is 4.94. The maximum absolute atomic E-state index is 12.0. The molecule has 0 amide bonds. The molecule has 21 heavy (non-hydrogen) atoms. The van der Waals surface area contributed by atoms with Crippen LogP contribution in [0.25, 0.3) is 11.2 Å². The van der Waals surface area contributed by atoms with Gasteiger partial charge in [0.05, 0.1) is 12.9 Å². The van der Waals surface area contributed by atoms with E-state index < -0.39 is 11.2 Å². The molecule has 3 rings (SSSR count). The lowest BCUT2D eigenvalue weighted by Gasteiger charge is -2.08. The highest BCUT2D eigenvalue weighted by atomic mass is 32.1. The Kier molecular flexibility index (Phi) is 2.79. The zero-order valence-corrected chi connectivity index (χ0v) is 12.1. The van der Waals surface area contributed by atoms with Crippen molar-refractivity contribution in [1.82, 2.24) is 33.6 Å². The first-order valence-electron chi connectivity index (χ1n) is 5.94. The van der Waals surface area contributed by atoms with Crippen LogP contribution in [0.3, 0.4) is 0 Å². The van der Waals surface area contributed by atoms with Gasteiger partial charge in [-0.15, -0.1) is 0 Å². The molecule has 11 heteroatoms. The van der Waals surface area contributed by atoms with Gasteiger partial charge < -0.3 is 10.4 Å². The van der Waals surface area contributed by atoms with Crippen LogP contribution in [-0.2, 0) is 20.6 Å². The molecule has 3 aromatic heterocycles. The Morgan fingerprint density at radius 2 is 2.05 bits per heavy atom. The van der Waals surface area contributed by atoms with Gasteiger partial charge in [0, 0.05) is 14.1 Å². The van der Waals surface area contributed by atoms with Crippen molar-refractivity contribution in [2.45, 2.75) is 6.54 Å². The van der Waals surface area contributed by atoms with E-state index in [-0.39, 0.29) is 16.8 Å². The predicted molar refractivity (Wildman–Crippen MR) is 76.9 cm³/mol. The van der Waals surface area contributed by atoms with Crippen LogP contribution in [0.5, 0.6) is 0 Å². The number of nitrogens with one attached hydrogen (secondary N) is 1. The summed E-state index contributed by atoms with van der Waals surface area (Å²) in [6.45, 7) is 0.223. The maximum Gasteiger partial charge on any atom is 0.332 e. The Labute approximate surface area is 122 Å². The number of hydrogen-bond acceptors (Lipinski definition) is 6. The van der Waals surface area contributed by atoms with E-state index in [1.807, 2.05) is 0 Å². The molecule has 3 heterocycles. The van der Waals surface area contributed by atoms with Crippen molar-refractivity contribution in [3.8, 4) is 0 Å². The molecule has 0 bridgehead atoms. The van der Waals surface area contributed by atoms with Gasteiger partial charge in [0.15, 0.2) is 11.3 Å². The predicted octanol–water partition coefficient (Wildman–Crippen LogP) is -1.55. The monoisotopic (exact) mass is 308 g/mol. The third-order valence-electron chi connectivity index (χ3n) is 3.30. The van der Waals surface area contributed by atoms with Crippen LogP contribution >= 0.6 is 12.2 Å². The van der Waals surface area contributed by atoms with Crippen LogP contribution in [0.4, 0.5) is 0 Å². The third-order valence-corrected chi connectivity index (χ3v) is 3.59. The molecule has 0 spiro atoms. The number of nitrogens with two attached hydrogens (primary N) is 1. The third kappa shape index (κ3) is 1.81. The maximum atomic E-state index is 12.0. The minimum absolute atomic E-state index is 0.206. The molecular formula is C10H12N8O2S. The van der Waals surface area contributed by atoms with Crippen molar-refractivity contribution >= 4 is 23.4 Å². The van der Waals surface area contributed by atoms with Crippen molar-refractivity contribution in [3.05, 3.63) is 37.8 Å². The van der Waals surface area contributed by atoms with Gasteiger partial charge >= 0.3 is 5.69 Å². The average Bonchev–Trinajstić information content (AvgIpc) is 3.02. The average molecular weight is 308 g/mol. The normalized spacial score (nSPS) is 11.3. The highest BCUT2D eigenvalue weighted by molar-refractivity contribution is 7.71. The van der Waals surface area contributed by atoms with Gasteiger partial charge in [-0.2, -0.15) is 5.10 Å². The number of nitrogen functional groups attached to an aromatic ring is 1. The fraction of sp³-hybridized carbons (Fsp3) is 0.300. The summed E-state index contributed by atoms with van der Waals surface area (Å²) in [7, 11) is 2.98. The standard InChI is InChI=1S/C10H12N8O2S/c1-15-7-6(8(19)16(2)10(15)20)12-4-17(7)3-5-13-14-9(21)18(5)11/h4H,3,11H2,1-2H3,(H,14,21). The number of rotatable bonds is 2. The summed E-state index contributed by atoms with van der Waals surface area (Å²) in [5.74, 6) is 6.19. The molecule has 0 unspecified atom stereocenters. The molecule has 0 aliphatic heterocycles. The van der Waals surface area contributed by atoms with Crippen LogP contribution in [0, 0.1) is 4.77 Å². The molecule has 0 aliphatic rings. The van der Waals surface area contributed by atoms with Crippen LogP contribution in [0.1, 0.15) is 5.82 Å². The Hall–Kier alpha value is -2.69. The lowest BCUT2D eigenvalue weighted by Crippen LogP contribution is -2.37. The highest BCUT2D eigenvalue weighted by Gasteiger charge is 2.15. The van der Waals surface area contributed by atoms with Gasteiger partial charge in [-0.25, -0.2) is 14.5 Å². The summed E-state index contributed by atoms with van der Waals surface area (Å²) < 4.78 is 5.48. The van der Waals surface area contributed by atoms with Gasteiger partial charge in [0.1, 0.15) is 5.65 Å². The van der Waals surface area contributed by atoms with Crippen molar-refractivity contribution in [2.24, 2.45) is 14.1 Å². The summed E-state index contributed by atoms with van der Waals surface area (Å²) in [6.07, 6.45) is 1.46. The molecule has 110 valence electrons. The van der Waals surface area contributed by atoms with Gasteiger partial charge in [-0.3, -0.25) is 19.0 Å². The van der Waals surface area contributed by atoms with E-state index in [2.05, 4.69) is 15.2 Å². The van der Waals surface area contributed by atoms with Crippen molar-refractivity contribution in [1.29, 1.82) is 0 Å². The first-order valence-corrected chi connectivity index (χ1v) is 6.35. The summed E-state index contributed by atoms with van der Waals surface area (Å²) in [4.78, 5) is 28.1.